The Morgan fingerprint density at radius 3 is 2.57 bits per heavy atom. The van der Waals surface area contributed by atoms with E-state index in [0.29, 0.717) is 24.6 Å². The number of amides is 1. The summed E-state index contributed by atoms with van der Waals surface area (Å²) in [6.45, 7) is 2.70. The first-order chi connectivity index (χ1) is 11.1. The van der Waals surface area contributed by atoms with E-state index in [4.69, 9.17) is 21.4 Å². The summed E-state index contributed by atoms with van der Waals surface area (Å²) in [5.41, 5.74) is 0.857. The van der Waals surface area contributed by atoms with Crippen molar-refractivity contribution in [1.29, 1.82) is 0 Å². The van der Waals surface area contributed by atoms with Crippen molar-refractivity contribution in [2.75, 3.05) is 26.3 Å². The summed E-state index contributed by atoms with van der Waals surface area (Å²) in [5.74, 6) is -0.548. The molecule has 0 heterocycles. The minimum Gasteiger partial charge on any atom is -0.466 e. The molecule has 0 aliphatic carbocycles. The number of carbonyl (C=O) groups excluding carboxylic acids is 2. The number of aliphatic hydroxyl groups is 1. The van der Waals surface area contributed by atoms with Crippen molar-refractivity contribution in [3.8, 4) is 0 Å². The first-order valence-electron chi connectivity index (χ1n) is 7.56. The van der Waals surface area contributed by atoms with Crippen molar-refractivity contribution < 1.29 is 19.4 Å². The minimum absolute atomic E-state index is 0.00984. The second-order valence-corrected chi connectivity index (χ2v) is 5.28. The fourth-order valence-corrected chi connectivity index (χ4v) is 2.03. The van der Waals surface area contributed by atoms with E-state index in [1.807, 2.05) is 12.1 Å². The molecular weight excluding hydrogens is 318 g/mol. The number of esters is 1. The lowest BCUT2D eigenvalue weighted by Crippen LogP contribution is -2.33. The van der Waals surface area contributed by atoms with Crippen LogP contribution in [-0.2, 0) is 14.3 Å². The second kappa shape index (κ2) is 10.8. The van der Waals surface area contributed by atoms with Crippen molar-refractivity contribution in [2.24, 2.45) is 0 Å². The lowest BCUT2D eigenvalue weighted by atomic mass is 10.2. The van der Waals surface area contributed by atoms with Gasteiger partial charge in [0, 0.05) is 30.8 Å². The predicted molar refractivity (Wildman–Crippen MR) is 90.0 cm³/mol. The number of carbonyl (C=O) groups is 2. The first kappa shape index (κ1) is 19.2. The number of benzene rings is 1. The molecule has 23 heavy (non-hydrogen) atoms. The van der Waals surface area contributed by atoms with Gasteiger partial charge in [0.15, 0.2) is 0 Å². The molecule has 0 radical (unpaired) electrons. The molecule has 0 bridgehead atoms. The van der Waals surface area contributed by atoms with Crippen molar-refractivity contribution in [3.63, 3.8) is 0 Å². The van der Waals surface area contributed by atoms with Gasteiger partial charge >= 0.3 is 5.97 Å². The molecule has 6 heteroatoms. The van der Waals surface area contributed by atoms with E-state index in [1.54, 1.807) is 25.1 Å². The van der Waals surface area contributed by atoms with E-state index in [1.165, 1.54) is 11.0 Å². The molecule has 0 aromatic heterocycles. The third kappa shape index (κ3) is 7.81. The summed E-state index contributed by atoms with van der Waals surface area (Å²) in [6.07, 6.45) is 3.74. The minimum atomic E-state index is -0.337. The number of hydrogen-bond donors (Lipinski definition) is 1. The molecule has 0 spiro atoms. The van der Waals surface area contributed by atoms with Gasteiger partial charge in [-0.25, -0.2) is 0 Å². The molecule has 0 saturated heterocycles. The van der Waals surface area contributed by atoms with Gasteiger partial charge in [-0.15, -0.1) is 0 Å². The van der Waals surface area contributed by atoms with Gasteiger partial charge in [-0.05, 0) is 37.1 Å². The SMILES string of the molecule is CCOC(=O)CCN(CCCO)C(=O)/C=C/c1ccc(Cl)cc1. The van der Waals surface area contributed by atoms with Gasteiger partial charge in [-0.3, -0.25) is 9.59 Å². The van der Waals surface area contributed by atoms with Gasteiger partial charge in [0.25, 0.3) is 0 Å². The third-order valence-corrected chi connectivity index (χ3v) is 3.33. The monoisotopic (exact) mass is 339 g/mol. The zero-order valence-electron chi connectivity index (χ0n) is 13.2. The van der Waals surface area contributed by atoms with Crippen molar-refractivity contribution in [2.45, 2.75) is 19.8 Å². The van der Waals surface area contributed by atoms with E-state index in [0.717, 1.165) is 5.56 Å². The zero-order valence-corrected chi connectivity index (χ0v) is 14.0. The van der Waals surface area contributed by atoms with Gasteiger partial charge in [0.1, 0.15) is 0 Å². The van der Waals surface area contributed by atoms with E-state index >= 15 is 0 Å². The highest BCUT2D eigenvalue weighted by molar-refractivity contribution is 6.30. The van der Waals surface area contributed by atoms with Gasteiger partial charge in [-0.2, -0.15) is 0 Å². The molecule has 1 aromatic carbocycles. The molecule has 0 aliphatic heterocycles. The maximum atomic E-state index is 12.2. The molecule has 0 unspecified atom stereocenters. The third-order valence-electron chi connectivity index (χ3n) is 3.08. The first-order valence-corrected chi connectivity index (χ1v) is 7.93. The van der Waals surface area contributed by atoms with Crippen LogP contribution in [0, 0.1) is 0 Å². The topological polar surface area (TPSA) is 66.8 Å². The Morgan fingerprint density at radius 2 is 1.96 bits per heavy atom. The normalized spacial score (nSPS) is 10.7. The molecule has 1 amide bonds. The van der Waals surface area contributed by atoms with Crippen molar-refractivity contribution >= 4 is 29.6 Å². The molecular formula is C17H22ClNO4. The van der Waals surface area contributed by atoms with Crippen LogP contribution in [0.25, 0.3) is 6.08 Å². The standard InChI is InChI=1S/C17H22ClNO4/c1-2-23-17(22)10-12-19(11-3-13-20)16(21)9-6-14-4-7-15(18)8-5-14/h4-9,20H,2-3,10-13H2,1H3/b9-6+. The molecule has 126 valence electrons. The second-order valence-electron chi connectivity index (χ2n) is 4.84. The lowest BCUT2D eigenvalue weighted by molar-refractivity contribution is -0.143. The molecule has 1 aromatic rings. The number of nitrogens with zero attached hydrogens (tertiary/aromatic N) is 1. The maximum absolute atomic E-state index is 12.2. The van der Waals surface area contributed by atoms with Crippen LogP contribution in [-0.4, -0.2) is 48.2 Å². The average molecular weight is 340 g/mol. The highest BCUT2D eigenvalue weighted by Crippen LogP contribution is 2.11. The highest BCUT2D eigenvalue weighted by Gasteiger charge is 2.12. The molecule has 1 rings (SSSR count). The summed E-state index contributed by atoms with van der Waals surface area (Å²) < 4.78 is 4.86. The van der Waals surface area contributed by atoms with Crippen molar-refractivity contribution in [3.05, 3.63) is 40.9 Å². The van der Waals surface area contributed by atoms with E-state index in [2.05, 4.69) is 0 Å². The van der Waals surface area contributed by atoms with Crippen LogP contribution in [0.2, 0.25) is 5.02 Å². The van der Waals surface area contributed by atoms with Gasteiger partial charge in [0.05, 0.1) is 13.0 Å². The van der Waals surface area contributed by atoms with Crippen LogP contribution in [0.3, 0.4) is 0 Å². The summed E-state index contributed by atoms with van der Waals surface area (Å²) in [4.78, 5) is 25.2. The van der Waals surface area contributed by atoms with Crippen LogP contribution in [0.4, 0.5) is 0 Å². The summed E-state index contributed by atoms with van der Waals surface area (Å²) >= 11 is 5.81. The predicted octanol–water partition coefficient (Wildman–Crippen LogP) is 2.52. The smallest absolute Gasteiger partial charge is 0.307 e. The maximum Gasteiger partial charge on any atom is 0.307 e. The van der Waals surface area contributed by atoms with E-state index in [-0.39, 0.29) is 31.4 Å². The zero-order chi connectivity index (χ0) is 17.1. The molecule has 1 N–H and O–H groups in total. The van der Waals surface area contributed by atoms with Crippen LogP contribution >= 0.6 is 11.6 Å². The van der Waals surface area contributed by atoms with E-state index < -0.39 is 0 Å². The number of rotatable bonds is 9. The van der Waals surface area contributed by atoms with Gasteiger partial charge in [0.2, 0.25) is 5.91 Å². The van der Waals surface area contributed by atoms with Gasteiger partial charge < -0.3 is 14.7 Å². The fourth-order valence-electron chi connectivity index (χ4n) is 1.90. The summed E-state index contributed by atoms with van der Waals surface area (Å²) in [6, 6.07) is 7.11. The van der Waals surface area contributed by atoms with Crippen LogP contribution in [0.15, 0.2) is 30.3 Å². The van der Waals surface area contributed by atoms with Gasteiger partial charge in [-0.1, -0.05) is 23.7 Å². The molecule has 0 fully saturated rings. The average Bonchev–Trinajstić information content (AvgIpc) is 2.54. The Bertz CT molecular complexity index is 528. The van der Waals surface area contributed by atoms with Crippen molar-refractivity contribution in [1.82, 2.24) is 4.90 Å². The lowest BCUT2D eigenvalue weighted by Gasteiger charge is -2.20. The quantitative estimate of drug-likeness (QED) is 0.554. The Labute approximate surface area is 141 Å². The van der Waals surface area contributed by atoms with Crippen LogP contribution in [0.1, 0.15) is 25.3 Å². The number of aliphatic hydroxyl groups excluding tert-OH is 1. The number of hydrogen-bond acceptors (Lipinski definition) is 4. The Morgan fingerprint density at radius 1 is 1.26 bits per heavy atom. The Kier molecular flexibility index (Phi) is 9.02. The summed E-state index contributed by atoms with van der Waals surface area (Å²) in [5, 5.41) is 9.56. The van der Waals surface area contributed by atoms with Crippen LogP contribution < -0.4 is 0 Å². The largest absolute Gasteiger partial charge is 0.466 e. The summed E-state index contributed by atoms with van der Waals surface area (Å²) in [7, 11) is 0. The highest BCUT2D eigenvalue weighted by atomic mass is 35.5. The molecule has 0 atom stereocenters. The number of ether oxygens (including phenoxy) is 1. The molecule has 5 nitrogen and oxygen atoms in total. The Balaban J connectivity index is 2.62. The molecule has 0 saturated carbocycles. The molecule has 0 aliphatic rings. The fraction of sp³-hybridized carbons (Fsp3) is 0.412. The van der Waals surface area contributed by atoms with E-state index in [9.17, 15) is 9.59 Å². The number of halogens is 1. The Hall–Kier alpha value is -1.85. The van der Waals surface area contributed by atoms with Crippen LogP contribution in [0.5, 0.6) is 0 Å².